The molecule has 0 spiro atoms. The lowest BCUT2D eigenvalue weighted by Crippen LogP contribution is -2.56. The van der Waals surface area contributed by atoms with Gasteiger partial charge in [-0.2, -0.15) is 5.10 Å². The van der Waals surface area contributed by atoms with Gasteiger partial charge in [-0.1, -0.05) is 31.2 Å². The van der Waals surface area contributed by atoms with Gasteiger partial charge in [0.15, 0.2) is 6.61 Å². The Bertz CT molecular complexity index is 1240. The van der Waals surface area contributed by atoms with Crippen molar-refractivity contribution in [1.82, 2.24) is 14.7 Å². The largest absolute Gasteiger partial charge is 0.482 e. The van der Waals surface area contributed by atoms with E-state index in [9.17, 15) is 9.59 Å². The van der Waals surface area contributed by atoms with Crippen LogP contribution in [0.3, 0.4) is 0 Å². The van der Waals surface area contributed by atoms with Crippen LogP contribution in [0, 0.1) is 19.8 Å². The number of halogens is 1. The fourth-order valence-corrected chi connectivity index (χ4v) is 5.66. The van der Waals surface area contributed by atoms with Gasteiger partial charge >= 0.3 is 6.09 Å². The van der Waals surface area contributed by atoms with Crippen molar-refractivity contribution >= 4 is 37.4 Å². The number of fused-ring (bicyclic) bond motifs is 1. The van der Waals surface area contributed by atoms with Crippen LogP contribution in [0.2, 0.25) is 30.7 Å². The third-order valence-electron chi connectivity index (χ3n) is 6.93. The van der Waals surface area contributed by atoms with E-state index in [4.69, 9.17) is 30.9 Å². The monoisotopic (exact) mass is 576 g/mol. The maximum absolute atomic E-state index is 12.9. The van der Waals surface area contributed by atoms with E-state index in [-0.39, 0.29) is 24.5 Å². The third kappa shape index (κ3) is 6.96. The van der Waals surface area contributed by atoms with E-state index in [1.54, 1.807) is 15.9 Å². The zero-order valence-corrected chi connectivity index (χ0v) is 26.1. The number of aryl methyl sites for hydroxylation is 1. The number of carbonyl (C=O) groups excluding carboxylic acids is 2. The van der Waals surface area contributed by atoms with Crippen LogP contribution in [0.4, 0.5) is 10.5 Å². The molecule has 1 saturated heterocycles. The first-order valence-electron chi connectivity index (χ1n) is 13.5. The lowest BCUT2D eigenvalue weighted by atomic mass is 9.98. The summed E-state index contributed by atoms with van der Waals surface area (Å²) in [6, 6.07) is 4.77. The molecule has 0 atom stereocenters. The number of ether oxygens (including phenoxy) is 3. The molecule has 1 fully saturated rings. The highest BCUT2D eigenvalue weighted by Crippen LogP contribution is 2.42. The van der Waals surface area contributed by atoms with Gasteiger partial charge < -0.3 is 24.0 Å². The molecular weight excluding hydrogens is 536 g/mol. The highest BCUT2D eigenvalue weighted by molar-refractivity contribution is 6.76. The number of likely N-dealkylation sites (tertiary alicyclic amines) is 1. The molecule has 0 aliphatic carbocycles. The standard InChI is InChI=1S/C28H41ClN4O5Si/c1-18-19(2)30-33(17-36-9-10-39(6,7)8)26(18)21-11-24-23(12-22(21)29)32(25(34)16-37-24)15-20-13-31(14-20)27(35)38-28(3,4)5/h11-12,20H,9-10,13-17H2,1-8H3. The van der Waals surface area contributed by atoms with Gasteiger partial charge in [0.2, 0.25) is 0 Å². The van der Waals surface area contributed by atoms with Crippen molar-refractivity contribution in [2.45, 2.75) is 72.6 Å². The molecule has 214 valence electrons. The van der Waals surface area contributed by atoms with E-state index in [0.29, 0.717) is 49.4 Å². The van der Waals surface area contributed by atoms with Crippen molar-refractivity contribution in [1.29, 1.82) is 0 Å². The van der Waals surface area contributed by atoms with Gasteiger partial charge in [-0.15, -0.1) is 0 Å². The van der Waals surface area contributed by atoms with Crippen molar-refractivity contribution < 1.29 is 23.8 Å². The summed E-state index contributed by atoms with van der Waals surface area (Å²) in [5, 5.41) is 5.21. The molecule has 4 rings (SSSR count). The molecule has 0 radical (unpaired) electrons. The molecule has 0 saturated carbocycles. The zero-order valence-electron chi connectivity index (χ0n) is 24.4. The molecule has 2 aliphatic rings. The average Bonchev–Trinajstić information content (AvgIpc) is 3.05. The number of nitrogens with zero attached hydrogens (tertiary/aromatic N) is 4. The number of anilines is 1. The summed E-state index contributed by atoms with van der Waals surface area (Å²) in [6.45, 7) is 19.1. The van der Waals surface area contributed by atoms with E-state index in [1.807, 2.05) is 45.4 Å². The fraction of sp³-hybridized carbons (Fsp3) is 0.607. The van der Waals surface area contributed by atoms with E-state index < -0.39 is 13.7 Å². The van der Waals surface area contributed by atoms with E-state index >= 15 is 0 Å². The molecule has 0 bridgehead atoms. The summed E-state index contributed by atoms with van der Waals surface area (Å²) in [7, 11) is -1.20. The van der Waals surface area contributed by atoms with Crippen LogP contribution >= 0.6 is 11.6 Å². The number of benzene rings is 1. The molecule has 0 N–H and O–H groups in total. The Morgan fingerprint density at radius 3 is 2.54 bits per heavy atom. The van der Waals surface area contributed by atoms with Crippen LogP contribution in [-0.2, 0) is 21.0 Å². The van der Waals surface area contributed by atoms with Gasteiger partial charge in [0.05, 0.1) is 22.1 Å². The molecule has 2 amide bonds. The molecule has 2 aromatic rings. The minimum atomic E-state index is -1.20. The topological polar surface area (TPSA) is 86.1 Å². The van der Waals surface area contributed by atoms with Gasteiger partial charge in [-0.3, -0.25) is 4.79 Å². The number of amides is 2. The number of hydrogen-bond acceptors (Lipinski definition) is 6. The van der Waals surface area contributed by atoms with Gasteiger partial charge in [0.25, 0.3) is 5.91 Å². The SMILES string of the molecule is Cc1nn(COCC[Si](C)(C)C)c(-c2cc3c(cc2Cl)N(CC2CN(C(=O)OC(C)(C)C)C2)C(=O)CO3)c1C. The second-order valence-electron chi connectivity index (χ2n) is 12.8. The maximum atomic E-state index is 12.9. The quantitative estimate of drug-likeness (QED) is 0.295. The summed E-state index contributed by atoms with van der Waals surface area (Å²) in [6.07, 6.45) is -0.327. The molecule has 11 heteroatoms. The highest BCUT2D eigenvalue weighted by atomic mass is 35.5. The van der Waals surface area contributed by atoms with Gasteiger partial charge in [0.1, 0.15) is 18.1 Å². The summed E-state index contributed by atoms with van der Waals surface area (Å²) in [5.41, 5.74) is 3.70. The van der Waals surface area contributed by atoms with Crippen LogP contribution in [0.15, 0.2) is 12.1 Å². The molecule has 9 nitrogen and oxygen atoms in total. The van der Waals surface area contributed by atoms with E-state index in [0.717, 1.165) is 28.6 Å². The van der Waals surface area contributed by atoms with E-state index in [1.165, 1.54) is 0 Å². The minimum Gasteiger partial charge on any atom is -0.482 e. The fourth-order valence-electron chi connectivity index (χ4n) is 4.66. The molecule has 1 aromatic heterocycles. The first-order valence-corrected chi connectivity index (χ1v) is 17.6. The third-order valence-corrected chi connectivity index (χ3v) is 8.95. The van der Waals surface area contributed by atoms with Crippen LogP contribution in [0.25, 0.3) is 11.3 Å². The van der Waals surface area contributed by atoms with Crippen LogP contribution in [0.5, 0.6) is 5.75 Å². The van der Waals surface area contributed by atoms with Crippen LogP contribution in [-0.4, -0.2) is 73.2 Å². The molecule has 39 heavy (non-hydrogen) atoms. The smallest absolute Gasteiger partial charge is 0.410 e. The predicted molar refractivity (Wildman–Crippen MR) is 155 cm³/mol. The summed E-state index contributed by atoms with van der Waals surface area (Å²) in [4.78, 5) is 28.6. The van der Waals surface area contributed by atoms with Crippen LogP contribution < -0.4 is 9.64 Å². The molecule has 3 heterocycles. The molecule has 0 unspecified atom stereocenters. The Labute approximate surface area is 237 Å². The Morgan fingerprint density at radius 2 is 1.90 bits per heavy atom. The Balaban J connectivity index is 1.51. The van der Waals surface area contributed by atoms with Gasteiger partial charge in [-0.05, 0) is 58.4 Å². The summed E-state index contributed by atoms with van der Waals surface area (Å²) >= 11 is 6.85. The molecular formula is C28H41ClN4O5Si. The number of hydrogen-bond donors (Lipinski definition) is 0. The zero-order chi connectivity index (χ0) is 28.7. The lowest BCUT2D eigenvalue weighted by Gasteiger charge is -2.42. The average molecular weight is 577 g/mol. The molecule has 2 aliphatic heterocycles. The van der Waals surface area contributed by atoms with Crippen molar-refractivity contribution in [3.8, 4) is 17.0 Å². The Hall–Kier alpha value is -2.56. The van der Waals surface area contributed by atoms with Crippen molar-refractivity contribution in [3.05, 3.63) is 28.4 Å². The lowest BCUT2D eigenvalue weighted by molar-refractivity contribution is -0.121. The highest BCUT2D eigenvalue weighted by Gasteiger charge is 2.37. The summed E-state index contributed by atoms with van der Waals surface area (Å²) < 4.78 is 19.2. The number of rotatable bonds is 8. The Morgan fingerprint density at radius 1 is 1.21 bits per heavy atom. The minimum absolute atomic E-state index is 0.0480. The van der Waals surface area contributed by atoms with E-state index in [2.05, 4.69) is 19.6 Å². The first-order chi connectivity index (χ1) is 18.1. The normalized spacial score (nSPS) is 16.2. The first kappa shape index (κ1) is 29.4. The predicted octanol–water partition coefficient (Wildman–Crippen LogP) is 5.72. The van der Waals surface area contributed by atoms with Gasteiger partial charge in [-0.25, -0.2) is 9.48 Å². The van der Waals surface area contributed by atoms with Crippen LogP contribution in [0.1, 0.15) is 32.0 Å². The number of aromatic nitrogens is 2. The van der Waals surface area contributed by atoms with Crippen molar-refractivity contribution in [2.75, 3.05) is 37.7 Å². The number of carbonyl (C=O) groups is 2. The summed E-state index contributed by atoms with van der Waals surface area (Å²) in [5.74, 6) is 0.613. The van der Waals surface area contributed by atoms with Crippen molar-refractivity contribution in [2.24, 2.45) is 5.92 Å². The second-order valence-corrected chi connectivity index (χ2v) is 18.8. The van der Waals surface area contributed by atoms with Gasteiger partial charge in [0, 0.05) is 45.8 Å². The molecule has 1 aromatic carbocycles. The maximum Gasteiger partial charge on any atom is 0.410 e. The Kier molecular flexibility index (Phi) is 8.40. The second kappa shape index (κ2) is 11.1. The van der Waals surface area contributed by atoms with Crippen molar-refractivity contribution in [3.63, 3.8) is 0 Å².